The fraction of sp³-hybridized carbons (Fsp3) is 0.538. The first kappa shape index (κ1) is 12.4. The molecule has 0 bridgehead atoms. The lowest BCUT2D eigenvalue weighted by atomic mass is 10.1. The first-order chi connectivity index (χ1) is 8.31. The summed E-state index contributed by atoms with van der Waals surface area (Å²) in [6.07, 6.45) is 1.31. The molecule has 0 aliphatic carbocycles. The average Bonchev–Trinajstić information content (AvgIpc) is 2.38. The van der Waals surface area contributed by atoms with E-state index in [1.807, 2.05) is 6.07 Å². The summed E-state index contributed by atoms with van der Waals surface area (Å²) in [5.74, 6) is 0.165. The molecule has 1 fully saturated rings. The predicted molar refractivity (Wildman–Crippen MR) is 62.9 cm³/mol. The van der Waals surface area contributed by atoms with Crippen LogP contribution in [0.2, 0.25) is 0 Å². The van der Waals surface area contributed by atoms with Gasteiger partial charge in [-0.1, -0.05) is 18.2 Å². The zero-order valence-corrected chi connectivity index (χ0v) is 9.71. The van der Waals surface area contributed by atoms with Gasteiger partial charge in [-0.3, -0.25) is 0 Å². The Balaban J connectivity index is 2.03. The molecule has 1 aliphatic heterocycles. The number of aromatic hydroxyl groups is 1. The quantitative estimate of drug-likeness (QED) is 0.837. The van der Waals surface area contributed by atoms with E-state index in [2.05, 4.69) is 0 Å². The molecule has 4 nitrogen and oxygen atoms in total. The van der Waals surface area contributed by atoms with Crippen molar-refractivity contribution in [1.82, 2.24) is 0 Å². The van der Waals surface area contributed by atoms with Crippen LogP contribution >= 0.6 is 0 Å². The van der Waals surface area contributed by atoms with Crippen LogP contribution in [0.1, 0.15) is 24.5 Å². The maximum atomic E-state index is 9.73. The molecule has 1 heterocycles. The highest BCUT2D eigenvalue weighted by Gasteiger charge is 2.21. The minimum absolute atomic E-state index is 0.0977. The lowest BCUT2D eigenvalue weighted by Gasteiger charge is -2.27. The van der Waals surface area contributed by atoms with Crippen molar-refractivity contribution in [1.29, 1.82) is 0 Å². The molecule has 0 aromatic heterocycles. The lowest BCUT2D eigenvalue weighted by Crippen LogP contribution is -2.26. The van der Waals surface area contributed by atoms with Crippen molar-refractivity contribution in [2.75, 3.05) is 19.8 Å². The van der Waals surface area contributed by atoms with Gasteiger partial charge in [-0.25, -0.2) is 0 Å². The molecule has 4 heteroatoms. The number of phenols is 1. The molecule has 0 radical (unpaired) electrons. The number of ether oxygens (including phenoxy) is 2. The predicted octanol–water partition coefficient (Wildman–Crippen LogP) is 1.62. The van der Waals surface area contributed by atoms with E-state index in [4.69, 9.17) is 9.47 Å². The summed E-state index contributed by atoms with van der Waals surface area (Å²) in [5, 5.41) is 19.1. The van der Waals surface area contributed by atoms with Gasteiger partial charge in [0.2, 0.25) is 0 Å². The molecule has 1 atom stereocenters. The molecular weight excluding hydrogens is 220 g/mol. The average molecular weight is 238 g/mol. The van der Waals surface area contributed by atoms with Crippen molar-refractivity contribution in [3.63, 3.8) is 0 Å². The number of aliphatic hydroxyl groups excluding tert-OH is 1. The molecule has 0 spiro atoms. The number of aliphatic hydroxyl groups is 1. The fourth-order valence-corrected chi connectivity index (χ4v) is 2.02. The third kappa shape index (κ3) is 3.19. The van der Waals surface area contributed by atoms with Gasteiger partial charge in [0, 0.05) is 18.8 Å². The minimum atomic E-state index is -0.459. The topological polar surface area (TPSA) is 58.9 Å². The summed E-state index contributed by atoms with van der Waals surface area (Å²) in [7, 11) is 0. The third-order valence-corrected chi connectivity index (χ3v) is 2.97. The van der Waals surface area contributed by atoms with Crippen molar-refractivity contribution in [3.8, 4) is 5.75 Å². The molecule has 0 amide bonds. The molecular formula is C13H18O4. The van der Waals surface area contributed by atoms with Gasteiger partial charge in [-0.2, -0.15) is 0 Å². The summed E-state index contributed by atoms with van der Waals surface area (Å²) in [6, 6.07) is 6.95. The number of rotatable bonds is 4. The highest BCUT2D eigenvalue weighted by Crippen LogP contribution is 2.28. The van der Waals surface area contributed by atoms with Crippen molar-refractivity contribution in [2.45, 2.75) is 25.0 Å². The monoisotopic (exact) mass is 238 g/mol. The van der Waals surface area contributed by atoms with Crippen molar-refractivity contribution >= 4 is 0 Å². The standard InChI is InChI=1S/C13H18O4/c14-9-13(11-3-1-2-4-12(11)15)17-10-5-7-16-8-6-10/h1-4,10,13-15H,5-9H2. The van der Waals surface area contributed by atoms with Gasteiger partial charge in [-0.15, -0.1) is 0 Å². The van der Waals surface area contributed by atoms with Crippen molar-refractivity contribution in [3.05, 3.63) is 29.8 Å². The maximum Gasteiger partial charge on any atom is 0.121 e. The van der Waals surface area contributed by atoms with Crippen molar-refractivity contribution < 1.29 is 19.7 Å². The van der Waals surface area contributed by atoms with Crippen LogP contribution in [0, 0.1) is 0 Å². The molecule has 94 valence electrons. The van der Waals surface area contributed by atoms with Crippen LogP contribution in [0.3, 0.4) is 0 Å². The van der Waals surface area contributed by atoms with E-state index >= 15 is 0 Å². The van der Waals surface area contributed by atoms with E-state index < -0.39 is 6.10 Å². The number of phenolic OH excluding ortho intramolecular Hbond substituents is 1. The SMILES string of the molecule is OCC(OC1CCOCC1)c1ccccc1O. The van der Waals surface area contributed by atoms with Crippen molar-refractivity contribution in [2.24, 2.45) is 0 Å². The van der Waals surface area contributed by atoms with Crippen LogP contribution in [0.5, 0.6) is 5.75 Å². The van der Waals surface area contributed by atoms with Crippen LogP contribution < -0.4 is 0 Å². The zero-order valence-electron chi connectivity index (χ0n) is 9.71. The summed E-state index contributed by atoms with van der Waals surface area (Å²) in [4.78, 5) is 0. The largest absolute Gasteiger partial charge is 0.508 e. The normalized spacial score (nSPS) is 19.1. The van der Waals surface area contributed by atoms with E-state index in [9.17, 15) is 10.2 Å². The van der Waals surface area contributed by atoms with Crippen LogP contribution in [0.4, 0.5) is 0 Å². The van der Waals surface area contributed by atoms with Gasteiger partial charge < -0.3 is 19.7 Å². The Kier molecular flexibility index (Phi) is 4.36. The number of hydrogen-bond donors (Lipinski definition) is 2. The molecule has 2 rings (SSSR count). The fourth-order valence-electron chi connectivity index (χ4n) is 2.02. The Morgan fingerprint density at radius 1 is 1.29 bits per heavy atom. The first-order valence-corrected chi connectivity index (χ1v) is 5.93. The summed E-state index contributed by atoms with van der Waals surface area (Å²) in [6.45, 7) is 1.27. The Morgan fingerprint density at radius 2 is 2.00 bits per heavy atom. The highest BCUT2D eigenvalue weighted by atomic mass is 16.5. The maximum absolute atomic E-state index is 9.73. The van der Waals surface area contributed by atoms with Gasteiger partial charge in [0.25, 0.3) is 0 Å². The van der Waals surface area contributed by atoms with E-state index in [0.717, 1.165) is 12.8 Å². The first-order valence-electron chi connectivity index (χ1n) is 5.93. The summed E-state index contributed by atoms with van der Waals surface area (Å²) >= 11 is 0. The molecule has 1 unspecified atom stereocenters. The summed E-state index contributed by atoms with van der Waals surface area (Å²) in [5.41, 5.74) is 0.640. The third-order valence-electron chi connectivity index (χ3n) is 2.97. The molecule has 0 saturated carbocycles. The van der Waals surface area contributed by atoms with E-state index in [1.165, 1.54) is 0 Å². The van der Waals surface area contributed by atoms with Crippen LogP contribution in [-0.2, 0) is 9.47 Å². The van der Waals surface area contributed by atoms with E-state index in [0.29, 0.717) is 18.8 Å². The molecule has 1 aromatic carbocycles. The second kappa shape index (κ2) is 6.00. The molecule has 1 aromatic rings. The molecule has 17 heavy (non-hydrogen) atoms. The van der Waals surface area contributed by atoms with Gasteiger partial charge in [0.05, 0.1) is 12.7 Å². The lowest BCUT2D eigenvalue weighted by molar-refractivity contribution is -0.0853. The number of hydrogen-bond acceptors (Lipinski definition) is 4. The van der Waals surface area contributed by atoms with Gasteiger partial charge >= 0.3 is 0 Å². The molecule has 1 aliphatic rings. The number of para-hydroxylation sites is 1. The second-order valence-electron chi connectivity index (χ2n) is 4.18. The molecule has 1 saturated heterocycles. The van der Waals surface area contributed by atoms with Crippen LogP contribution in [-0.4, -0.2) is 36.1 Å². The van der Waals surface area contributed by atoms with Gasteiger partial charge in [-0.05, 0) is 18.9 Å². The Labute approximate surface area is 101 Å². The van der Waals surface area contributed by atoms with E-state index in [1.54, 1.807) is 18.2 Å². The second-order valence-corrected chi connectivity index (χ2v) is 4.18. The van der Waals surface area contributed by atoms with Gasteiger partial charge in [0.15, 0.2) is 0 Å². The Hall–Kier alpha value is -1.10. The molecule has 2 N–H and O–H groups in total. The van der Waals surface area contributed by atoms with Gasteiger partial charge in [0.1, 0.15) is 11.9 Å². The van der Waals surface area contributed by atoms with Crippen LogP contribution in [0.15, 0.2) is 24.3 Å². The summed E-state index contributed by atoms with van der Waals surface area (Å²) < 4.78 is 11.1. The minimum Gasteiger partial charge on any atom is -0.508 e. The number of benzene rings is 1. The Morgan fingerprint density at radius 3 is 2.65 bits per heavy atom. The highest BCUT2D eigenvalue weighted by molar-refractivity contribution is 5.33. The van der Waals surface area contributed by atoms with Crippen LogP contribution in [0.25, 0.3) is 0 Å². The Bertz CT molecular complexity index is 347. The van der Waals surface area contributed by atoms with E-state index in [-0.39, 0.29) is 18.5 Å². The zero-order chi connectivity index (χ0) is 12.1. The smallest absolute Gasteiger partial charge is 0.121 e.